The van der Waals surface area contributed by atoms with Gasteiger partial charge in [-0.3, -0.25) is 14.4 Å². The fraction of sp³-hybridized carbons (Fsp3) is 0.645. The van der Waals surface area contributed by atoms with Crippen molar-refractivity contribution in [1.29, 1.82) is 0 Å². The molecule has 0 radical (unpaired) electrons. The van der Waals surface area contributed by atoms with Gasteiger partial charge in [-0.25, -0.2) is 0 Å². The number of aldehydes is 1. The van der Waals surface area contributed by atoms with Crippen LogP contribution in [0.4, 0.5) is 0 Å². The molecule has 10 heteroatoms. The number of aliphatic hydroxyl groups is 2. The van der Waals surface area contributed by atoms with Crippen LogP contribution in [0.15, 0.2) is 23.8 Å². The molecular weight excluding hydrogens is 639 g/mol. The van der Waals surface area contributed by atoms with E-state index in [1.54, 1.807) is 23.1 Å². The lowest BCUT2D eigenvalue weighted by atomic mass is 9.87. The summed E-state index contributed by atoms with van der Waals surface area (Å²) in [5.74, 6) is 0.264. The number of carbonyl (C=O) groups is 3. The second-order valence-electron chi connectivity index (χ2n) is 10.5. The van der Waals surface area contributed by atoms with Crippen molar-refractivity contribution in [1.82, 2.24) is 10.2 Å². The van der Waals surface area contributed by atoms with Crippen LogP contribution in [0.1, 0.15) is 94.8 Å². The van der Waals surface area contributed by atoms with Gasteiger partial charge in [0.2, 0.25) is 11.8 Å². The Kier molecular flexibility index (Phi) is 16.3. The molecule has 0 aromatic heterocycles. The summed E-state index contributed by atoms with van der Waals surface area (Å²) in [6.45, 7) is 4.66. The number of carbonyl (C=O) groups excluding carboxylic acids is 3. The third-order valence-electron chi connectivity index (χ3n) is 7.32. The summed E-state index contributed by atoms with van der Waals surface area (Å²) >= 11 is 2.04. The summed E-state index contributed by atoms with van der Waals surface area (Å²) in [6, 6.07) is 2.54. The van der Waals surface area contributed by atoms with Crippen LogP contribution in [-0.4, -0.2) is 78.3 Å². The van der Waals surface area contributed by atoms with E-state index in [9.17, 15) is 24.6 Å². The van der Waals surface area contributed by atoms with Gasteiger partial charge in [0.15, 0.2) is 11.5 Å². The number of nitrogens with one attached hydrogen (secondary N) is 1. The Morgan fingerprint density at radius 1 is 1.10 bits per heavy atom. The highest BCUT2D eigenvalue weighted by Gasteiger charge is 2.40. The molecule has 0 heterocycles. The number of halogens is 1. The number of unbranched alkanes of at least 4 members (excludes halogenated alkanes) is 7. The second-order valence-corrected chi connectivity index (χ2v) is 11.6. The number of nitrogens with zero attached hydrogens (tertiary/aromatic N) is 1. The van der Waals surface area contributed by atoms with E-state index >= 15 is 0 Å². The summed E-state index contributed by atoms with van der Waals surface area (Å²) in [5, 5.41) is 23.6. The van der Waals surface area contributed by atoms with Crippen molar-refractivity contribution in [3.05, 3.63) is 32.9 Å². The van der Waals surface area contributed by atoms with Crippen LogP contribution in [0.3, 0.4) is 0 Å². The smallest absolute Gasteiger partial charge is 0.247 e. The highest BCUT2D eigenvalue weighted by Crippen LogP contribution is 2.37. The zero-order chi connectivity index (χ0) is 30.2. The second kappa shape index (κ2) is 19.1. The van der Waals surface area contributed by atoms with Gasteiger partial charge < -0.3 is 29.9 Å². The maximum Gasteiger partial charge on any atom is 0.247 e. The van der Waals surface area contributed by atoms with Gasteiger partial charge in [-0.2, -0.15) is 0 Å². The molecule has 2 rings (SSSR count). The molecule has 230 valence electrons. The van der Waals surface area contributed by atoms with E-state index in [1.165, 1.54) is 7.11 Å². The Balaban J connectivity index is 2.41. The van der Waals surface area contributed by atoms with Gasteiger partial charge in [0, 0.05) is 37.1 Å². The SMILES string of the molecule is CCCCCCCC(=O)N(CCCCCC)[C@@H]1CC(C(=O)NCCO)=C[C@H](Oc2c(I)cc(C=O)cc2OC)[C@H]1O. The van der Waals surface area contributed by atoms with Crippen LogP contribution in [-0.2, 0) is 9.59 Å². The molecule has 3 atom stereocenters. The number of benzene rings is 1. The van der Waals surface area contributed by atoms with E-state index in [1.807, 2.05) is 22.6 Å². The molecular formula is C31H47IN2O7. The fourth-order valence-corrected chi connectivity index (χ4v) is 5.80. The third-order valence-corrected chi connectivity index (χ3v) is 8.12. The Labute approximate surface area is 258 Å². The van der Waals surface area contributed by atoms with E-state index in [-0.39, 0.29) is 31.4 Å². The molecule has 1 aromatic rings. The lowest BCUT2D eigenvalue weighted by Gasteiger charge is -2.41. The number of rotatable bonds is 19. The summed E-state index contributed by atoms with van der Waals surface area (Å²) in [7, 11) is 1.47. The number of hydrogen-bond donors (Lipinski definition) is 3. The first-order valence-electron chi connectivity index (χ1n) is 14.9. The van der Waals surface area contributed by atoms with Gasteiger partial charge in [-0.15, -0.1) is 0 Å². The molecule has 0 unspecified atom stereocenters. The van der Waals surface area contributed by atoms with Crippen molar-refractivity contribution < 1.29 is 34.1 Å². The first kappa shape index (κ1) is 35.0. The highest BCUT2D eigenvalue weighted by molar-refractivity contribution is 14.1. The molecule has 0 aliphatic heterocycles. The minimum Gasteiger partial charge on any atom is -0.493 e. The number of amides is 2. The summed E-state index contributed by atoms with van der Waals surface area (Å²) in [5.41, 5.74) is 0.801. The monoisotopic (exact) mass is 686 g/mol. The van der Waals surface area contributed by atoms with Crippen LogP contribution in [0.2, 0.25) is 0 Å². The van der Waals surface area contributed by atoms with Gasteiger partial charge in [0.25, 0.3) is 0 Å². The summed E-state index contributed by atoms with van der Waals surface area (Å²) in [6.07, 6.45) is 9.81. The van der Waals surface area contributed by atoms with Crippen molar-refractivity contribution in [3.8, 4) is 11.5 Å². The average Bonchev–Trinajstić information content (AvgIpc) is 2.97. The number of ether oxygens (including phenoxy) is 2. The molecule has 1 aliphatic carbocycles. The van der Waals surface area contributed by atoms with E-state index in [4.69, 9.17) is 9.47 Å². The molecule has 0 saturated carbocycles. The summed E-state index contributed by atoms with van der Waals surface area (Å²) < 4.78 is 12.4. The highest BCUT2D eigenvalue weighted by atomic mass is 127. The molecule has 0 spiro atoms. The summed E-state index contributed by atoms with van der Waals surface area (Å²) in [4.78, 5) is 39.8. The lowest BCUT2D eigenvalue weighted by molar-refractivity contribution is -0.138. The maximum absolute atomic E-state index is 13.6. The van der Waals surface area contributed by atoms with Gasteiger partial charge in [-0.05, 0) is 53.6 Å². The minimum atomic E-state index is -1.11. The molecule has 9 nitrogen and oxygen atoms in total. The minimum absolute atomic E-state index is 0.0275. The molecule has 0 bridgehead atoms. The number of methoxy groups -OCH3 is 1. The number of aliphatic hydroxyl groups excluding tert-OH is 2. The third kappa shape index (κ3) is 10.9. The Morgan fingerprint density at radius 3 is 2.41 bits per heavy atom. The predicted octanol–water partition coefficient (Wildman–Crippen LogP) is 4.80. The first-order chi connectivity index (χ1) is 19.8. The van der Waals surface area contributed by atoms with E-state index < -0.39 is 18.2 Å². The number of hydrogen-bond acceptors (Lipinski definition) is 7. The van der Waals surface area contributed by atoms with Gasteiger partial charge >= 0.3 is 0 Å². The molecule has 1 aromatic carbocycles. The van der Waals surface area contributed by atoms with Crippen LogP contribution >= 0.6 is 22.6 Å². The van der Waals surface area contributed by atoms with E-state index in [0.717, 1.165) is 57.8 Å². The Hall–Kier alpha value is -2.18. The molecule has 0 saturated heterocycles. The first-order valence-corrected chi connectivity index (χ1v) is 16.0. The standard InChI is InChI=1S/C31H47IN2O7/c1-4-6-8-10-11-13-28(37)34(15-12-9-7-5-2)25-19-23(31(39)33-14-16-35)20-26(29(25)38)41-30-24(32)17-22(21-36)18-27(30)40-3/h17-18,20-21,25-26,29,35,38H,4-16,19H2,1-3H3,(H,33,39)/t25-,26+,29+/m1/s1. The fourth-order valence-electron chi connectivity index (χ4n) is 5.05. The van der Waals surface area contributed by atoms with E-state index in [2.05, 4.69) is 19.2 Å². The average molecular weight is 687 g/mol. The normalized spacial score (nSPS) is 18.4. The van der Waals surface area contributed by atoms with Crippen molar-refractivity contribution in [3.63, 3.8) is 0 Å². The maximum atomic E-state index is 13.6. The lowest BCUT2D eigenvalue weighted by Crippen LogP contribution is -2.55. The van der Waals surface area contributed by atoms with Gasteiger partial charge in [0.05, 0.1) is 23.3 Å². The Bertz CT molecular complexity index is 1020. The van der Waals surface area contributed by atoms with Crippen molar-refractivity contribution in [2.75, 3.05) is 26.8 Å². The molecule has 1 aliphatic rings. The zero-order valence-electron chi connectivity index (χ0n) is 24.7. The van der Waals surface area contributed by atoms with Crippen LogP contribution in [0.5, 0.6) is 11.5 Å². The van der Waals surface area contributed by atoms with E-state index in [0.29, 0.717) is 45.5 Å². The molecule has 0 fully saturated rings. The van der Waals surface area contributed by atoms with Crippen molar-refractivity contribution in [2.45, 2.75) is 103 Å². The molecule has 41 heavy (non-hydrogen) atoms. The van der Waals surface area contributed by atoms with Crippen LogP contribution in [0, 0.1) is 3.57 Å². The predicted molar refractivity (Wildman–Crippen MR) is 167 cm³/mol. The van der Waals surface area contributed by atoms with Crippen LogP contribution < -0.4 is 14.8 Å². The topological polar surface area (TPSA) is 125 Å². The largest absolute Gasteiger partial charge is 0.493 e. The van der Waals surface area contributed by atoms with Crippen molar-refractivity contribution in [2.24, 2.45) is 0 Å². The van der Waals surface area contributed by atoms with Gasteiger partial charge in [-0.1, -0.05) is 58.8 Å². The zero-order valence-corrected chi connectivity index (χ0v) is 26.9. The quantitative estimate of drug-likeness (QED) is 0.109. The Morgan fingerprint density at radius 2 is 1.78 bits per heavy atom. The van der Waals surface area contributed by atoms with Crippen molar-refractivity contribution >= 4 is 40.7 Å². The molecule has 2 amide bonds. The van der Waals surface area contributed by atoms with Gasteiger partial charge in [0.1, 0.15) is 18.5 Å². The van der Waals surface area contributed by atoms with Crippen LogP contribution in [0.25, 0.3) is 0 Å². The molecule has 3 N–H and O–H groups in total.